The maximum Gasteiger partial charge on any atom is 0.0713 e. The number of halogens is 1. The van der Waals surface area contributed by atoms with Crippen LogP contribution in [0.15, 0.2) is 18.2 Å². The van der Waals surface area contributed by atoms with Gasteiger partial charge in [0.25, 0.3) is 0 Å². The summed E-state index contributed by atoms with van der Waals surface area (Å²) >= 11 is 3.59. The van der Waals surface area contributed by atoms with Crippen molar-refractivity contribution in [1.82, 2.24) is 4.98 Å². The highest BCUT2D eigenvalue weighted by Gasteiger charge is 2.10. The molecular weight excluding hydrogens is 274 g/mol. The Morgan fingerprint density at radius 2 is 1.88 bits per heavy atom. The minimum absolute atomic E-state index is 0.470. The molecule has 90 valence electrons. The van der Waals surface area contributed by atoms with E-state index in [-0.39, 0.29) is 0 Å². The standard InChI is InChI=1S/C15H18BrN/c1-9(2)13-7-12(8-16)15-11(4)5-10(3)6-14(15)17-13/h5-7,9H,8H2,1-4H3. The van der Waals surface area contributed by atoms with Crippen LogP contribution in [0, 0.1) is 13.8 Å². The second-order valence-electron chi connectivity index (χ2n) is 4.97. The third-order valence-electron chi connectivity index (χ3n) is 3.09. The molecule has 2 heteroatoms. The summed E-state index contributed by atoms with van der Waals surface area (Å²) < 4.78 is 0. The van der Waals surface area contributed by atoms with Gasteiger partial charge in [0.05, 0.1) is 5.52 Å². The summed E-state index contributed by atoms with van der Waals surface area (Å²) in [6.45, 7) is 8.67. The molecule has 0 aliphatic heterocycles. The maximum absolute atomic E-state index is 4.78. The van der Waals surface area contributed by atoms with Crippen LogP contribution in [0.5, 0.6) is 0 Å². The fourth-order valence-electron chi connectivity index (χ4n) is 2.27. The Hall–Kier alpha value is -0.890. The van der Waals surface area contributed by atoms with E-state index in [0.29, 0.717) is 5.92 Å². The molecule has 0 aliphatic carbocycles. The van der Waals surface area contributed by atoms with Crippen LogP contribution in [-0.4, -0.2) is 4.98 Å². The van der Waals surface area contributed by atoms with E-state index in [4.69, 9.17) is 4.98 Å². The molecule has 1 aromatic carbocycles. The quantitative estimate of drug-likeness (QED) is 0.720. The van der Waals surface area contributed by atoms with Gasteiger partial charge in [-0.05, 0) is 48.6 Å². The second-order valence-corrected chi connectivity index (χ2v) is 5.53. The molecule has 1 heterocycles. The molecular formula is C15H18BrN. The molecule has 17 heavy (non-hydrogen) atoms. The van der Waals surface area contributed by atoms with Crippen molar-refractivity contribution >= 4 is 26.8 Å². The van der Waals surface area contributed by atoms with Gasteiger partial charge >= 0.3 is 0 Å². The lowest BCUT2D eigenvalue weighted by molar-refractivity contribution is 0.828. The Morgan fingerprint density at radius 1 is 1.18 bits per heavy atom. The normalized spacial score (nSPS) is 11.4. The van der Waals surface area contributed by atoms with Gasteiger partial charge in [-0.15, -0.1) is 0 Å². The van der Waals surface area contributed by atoms with Gasteiger partial charge in [0.2, 0.25) is 0 Å². The number of aromatic nitrogens is 1. The number of hydrogen-bond acceptors (Lipinski definition) is 1. The van der Waals surface area contributed by atoms with E-state index >= 15 is 0 Å². The van der Waals surface area contributed by atoms with Gasteiger partial charge in [-0.1, -0.05) is 35.8 Å². The number of pyridine rings is 1. The zero-order valence-electron chi connectivity index (χ0n) is 10.8. The molecule has 0 fully saturated rings. The van der Waals surface area contributed by atoms with Crippen molar-refractivity contribution in [2.75, 3.05) is 0 Å². The van der Waals surface area contributed by atoms with Crippen LogP contribution in [0.25, 0.3) is 10.9 Å². The molecule has 0 atom stereocenters. The number of nitrogens with zero attached hydrogens (tertiary/aromatic N) is 1. The van der Waals surface area contributed by atoms with E-state index < -0.39 is 0 Å². The smallest absolute Gasteiger partial charge is 0.0713 e. The van der Waals surface area contributed by atoms with Gasteiger partial charge in [-0.3, -0.25) is 4.98 Å². The highest BCUT2D eigenvalue weighted by atomic mass is 79.9. The molecule has 0 aliphatic rings. The molecule has 0 amide bonds. The van der Waals surface area contributed by atoms with Crippen molar-refractivity contribution in [2.24, 2.45) is 0 Å². The fourth-order valence-corrected chi connectivity index (χ4v) is 2.72. The van der Waals surface area contributed by atoms with E-state index in [2.05, 4.69) is 61.8 Å². The monoisotopic (exact) mass is 291 g/mol. The summed E-state index contributed by atoms with van der Waals surface area (Å²) in [6, 6.07) is 6.63. The van der Waals surface area contributed by atoms with Gasteiger partial charge in [0.1, 0.15) is 0 Å². The Balaban J connectivity index is 2.82. The number of fused-ring (bicyclic) bond motifs is 1. The van der Waals surface area contributed by atoms with Crippen LogP contribution >= 0.6 is 15.9 Å². The predicted octanol–water partition coefficient (Wildman–Crippen LogP) is 4.87. The molecule has 0 radical (unpaired) electrons. The number of aryl methyl sites for hydroxylation is 2. The molecule has 0 N–H and O–H groups in total. The minimum Gasteiger partial charge on any atom is -0.253 e. The molecule has 0 saturated heterocycles. The van der Waals surface area contributed by atoms with Crippen LogP contribution in [0.3, 0.4) is 0 Å². The highest BCUT2D eigenvalue weighted by molar-refractivity contribution is 9.08. The van der Waals surface area contributed by atoms with E-state index in [1.165, 1.54) is 27.8 Å². The summed E-state index contributed by atoms with van der Waals surface area (Å²) in [4.78, 5) is 4.78. The van der Waals surface area contributed by atoms with Gasteiger partial charge in [-0.25, -0.2) is 0 Å². The Morgan fingerprint density at radius 3 is 2.47 bits per heavy atom. The summed E-state index contributed by atoms with van der Waals surface area (Å²) in [5, 5.41) is 2.19. The number of hydrogen-bond donors (Lipinski definition) is 0. The molecule has 1 nitrogen and oxygen atoms in total. The Labute approximate surface area is 111 Å². The van der Waals surface area contributed by atoms with E-state index in [1.54, 1.807) is 0 Å². The van der Waals surface area contributed by atoms with Crippen molar-refractivity contribution in [3.05, 3.63) is 40.6 Å². The van der Waals surface area contributed by atoms with Crippen molar-refractivity contribution in [2.45, 2.75) is 38.9 Å². The zero-order valence-corrected chi connectivity index (χ0v) is 12.4. The third kappa shape index (κ3) is 2.37. The largest absolute Gasteiger partial charge is 0.253 e. The van der Waals surface area contributed by atoms with Gasteiger partial charge < -0.3 is 0 Å². The molecule has 2 aromatic rings. The third-order valence-corrected chi connectivity index (χ3v) is 3.69. The first-order valence-electron chi connectivity index (χ1n) is 5.99. The van der Waals surface area contributed by atoms with Crippen molar-refractivity contribution in [3.8, 4) is 0 Å². The summed E-state index contributed by atoms with van der Waals surface area (Å²) in [5.74, 6) is 0.470. The Bertz CT molecular complexity index is 558. The zero-order chi connectivity index (χ0) is 12.6. The summed E-state index contributed by atoms with van der Waals surface area (Å²) in [5.41, 5.74) is 6.25. The predicted molar refractivity (Wildman–Crippen MR) is 77.9 cm³/mol. The molecule has 0 spiro atoms. The SMILES string of the molecule is Cc1cc(C)c2c(CBr)cc(C(C)C)nc2c1. The molecule has 0 unspecified atom stereocenters. The topological polar surface area (TPSA) is 12.9 Å². The lowest BCUT2D eigenvalue weighted by atomic mass is 9.99. The molecule has 0 bridgehead atoms. The Kier molecular flexibility index (Phi) is 3.53. The lowest BCUT2D eigenvalue weighted by Gasteiger charge is -2.12. The van der Waals surface area contributed by atoms with Crippen LogP contribution < -0.4 is 0 Å². The van der Waals surface area contributed by atoms with E-state index in [1.807, 2.05) is 0 Å². The van der Waals surface area contributed by atoms with Crippen LogP contribution in [0.1, 0.15) is 42.1 Å². The first-order chi connectivity index (χ1) is 8.02. The second kappa shape index (κ2) is 4.77. The van der Waals surface area contributed by atoms with Crippen LogP contribution in [0.2, 0.25) is 0 Å². The van der Waals surface area contributed by atoms with Crippen molar-refractivity contribution in [3.63, 3.8) is 0 Å². The number of rotatable bonds is 2. The number of alkyl halides is 1. The van der Waals surface area contributed by atoms with Crippen molar-refractivity contribution < 1.29 is 0 Å². The van der Waals surface area contributed by atoms with Crippen LogP contribution in [-0.2, 0) is 5.33 Å². The average Bonchev–Trinajstić information content (AvgIpc) is 2.26. The minimum atomic E-state index is 0.470. The first kappa shape index (κ1) is 12.6. The van der Waals surface area contributed by atoms with E-state index in [0.717, 1.165) is 10.8 Å². The summed E-state index contributed by atoms with van der Waals surface area (Å²) in [7, 11) is 0. The fraction of sp³-hybridized carbons (Fsp3) is 0.400. The first-order valence-corrected chi connectivity index (χ1v) is 7.11. The number of benzene rings is 1. The maximum atomic E-state index is 4.78. The van der Waals surface area contributed by atoms with Gasteiger partial charge in [-0.2, -0.15) is 0 Å². The average molecular weight is 292 g/mol. The van der Waals surface area contributed by atoms with Gasteiger partial charge in [0.15, 0.2) is 0 Å². The molecule has 2 rings (SSSR count). The molecule has 0 saturated carbocycles. The summed E-state index contributed by atoms with van der Waals surface area (Å²) in [6.07, 6.45) is 0. The highest BCUT2D eigenvalue weighted by Crippen LogP contribution is 2.27. The molecule has 1 aromatic heterocycles. The van der Waals surface area contributed by atoms with Crippen molar-refractivity contribution in [1.29, 1.82) is 0 Å². The lowest BCUT2D eigenvalue weighted by Crippen LogP contribution is -1.98. The van der Waals surface area contributed by atoms with Gasteiger partial charge in [0, 0.05) is 16.4 Å². The van der Waals surface area contributed by atoms with Crippen LogP contribution in [0.4, 0.5) is 0 Å². The van der Waals surface area contributed by atoms with E-state index in [9.17, 15) is 0 Å².